The van der Waals surface area contributed by atoms with Crippen LogP contribution in [0.4, 0.5) is 0 Å². The van der Waals surface area contributed by atoms with Crippen molar-refractivity contribution in [2.24, 2.45) is 0 Å². The molecule has 0 spiro atoms. The molecule has 2 aromatic rings. The van der Waals surface area contributed by atoms with Gasteiger partial charge in [-0.1, -0.05) is 39.7 Å². The highest BCUT2D eigenvalue weighted by molar-refractivity contribution is 9.10. The maximum absolute atomic E-state index is 12.2. The Hall–Kier alpha value is -1.32. The number of rotatable bonds is 4. The van der Waals surface area contributed by atoms with E-state index in [4.69, 9.17) is 16.3 Å². The van der Waals surface area contributed by atoms with E-state index >= 15 is 0 Å². The number of carbonyl (C=O) groups is 1. The maximum atomic E-state index is 12.2. The van der Waals surface area contributed by atoms with E-state index in [1.165, 1.54) is 0 Å². The van der Waals surface area contributed by atoms with Gasteiger partial charge in [0.25, 0.3) is 0 Å². The first-order valence-corrected chi connectivity index (χ1v) is 6.88. The zero-order valence-electron chi connectivity index (χ0n) is 10.3. The highest BCUT2D eigenvalue weighted by Crippen LogP contribution is 2.25. The fourth-order valence-corrected chi connectivity index (χ4v) is 2.48. The smallest absolute Gasteiger partial charge is 0.167 e. The van der Waals surface area contributed by atoms with Crippen molar-refractivity contribution in [1.82, 2.24) is 0 Å². The molecular formula is C15H12BrClO2. The second-order valence-electron chi connectivity index (χ2n) is 4.08. The third kappa shape index (κ3) is 3.58. The van der Waals surface area contributed by atoms with E-state index in [-0.39, 0.29) is 5.78 Å². The molecule has 0 atom stereocenters. The second kappa shape index (κ2) is 6.22. The lowest BCUT2D eigenvalue weighted by Gasteiger charge is -2.06. The zero-order chi connectivity index (χ0) is 13.8. The average molecular weight is 340 g/mol. The molecule has 4 heteroatoms. The molecule has 0 amide bonds. The molecule has 98 valence electrons. The standard InChI is InChI=1S/C15H12BrClO2/c1-19-15-6-5-11(9-13(15)17)14(18)8-10-3-2-4-12(16)7-10/h2-7,9H,8H2,1H3. The molecule has 2 aromatic carbocycles. The van der Waals surface area contributed by atoms with Crippen LogP contribution >= 0.6 is 27.5 Å². The van der Waals surface area contributed by atoms with Gasteiger partial charge in [0.2, 0.25) is 0 Å². The van der Waals surface area contributed by atoms with Crippen molar-refractivity contribution in [3.05, 3.63) is 63.1 Å². The first-order valence-electron chi connectivity index (χ1n) is 5.71. The molecular weight excluding hydrogens is 328 g/mol. The Labute approximate surface area is 125 Å². The molecule has 0 aliphatic carbocycles. The van der Waals surface area contributed by atoms with E-state index in [1.54, 1.807) is 25.3 Å². The average Bonchev–Trinajstić information content (AvgIpc) is 2.38. The lowest BCUT2D eigenvalue weighted by atomic mass is 10.0. The van der Waals surface area contributed by atoms with Gasteiger partial charge in [-0.3, -0.25) is 4.79 Å². The van der Waals surface area contributed by atoms with Crippen molar-refractivity contribution in [2.45, 2.75) is 6.42 Å². The van der Waals surface area contributed by atoms with Crippen LogP contribution < -0.4 is 4.74 Å². The first-order chi connectivity index (χ1) is 9.10. The number of ether oxygens (including phenoxy) is 1. The van der Waals surface area contributed by atoms with Crippen LogP contribution in [0.3, 0.4) is 0 Å². The summed E-state index contributed by atoms with van der Waals surface area (Å²) in [6, 6.07) is 12.8. The van der Waals surface area contributed by atoms with Gasteiger partial charge in [0.15, 0.2) is 5.78 Å². The minimum atomic E-state index is 0.0302. The molecule has 0 aromatic heterocycles. The van der Waals surface area contributed by atoms with E-state index in [9.17, 15) is 4.79 Å². The predicted octanol–water partition coefficient (Wildman–Crippen LogP) is 4.54. The van der Waals surface area contributed by atoms with Gasteiger partial charge in [0.05, 0.1) is 12.1 Å². The van der Waals surface area contributed by atoms with Crippen LogP contribution in [0.25, 0.3) is 0 Å². The molecule has 0 bridgehead atoms. The molecule has 2 nitrogen and oxygen atoms in total. The van der Waals surface area contributed by atoms with Crippen LogP contribution in [-0.4, -0.2) is 12.9 Å². The van der Waals surface area contributed by atoms with Gasteiger partial charge in [-0.05, 0) is 35.9 Å². The molecule has 0 radical (unpaired) electrons. The highest BCUT2D eigenvalue weighted by atomic mass is 79.9. The van der Waals surface area contributed by atoms with Gasteiger partial charge in [-0.25, -0.2) is 0 Å². The largest absolute Gasteiger partial charge is 0.495 e. The van der Waals surface area contributed by atoms with Crippen molar-refractivity contribution in [3.8, 4) is 5.75 Å². The summed E-state index contributed by atoms with van der Waals surface area (Å²) in [6.45, 7) is 0. The number of halogens is 2. The summed E-state index contributed by atoms with van der Waals surface area (Å²) >= 11 is 9.41. The number of hydrogen-bond donors (Lipinski definition) is 0. The summed E-state index contributed by atoms with van der Waals surface area (Å²) in [5.41, 5.74) is 1.55. The number of hydrogen-bond acceptors (Lipinski definition) is 2. The van der Waals surface area contributed by atoms with Gasteiger partial charge in [-0.2, -0.15) is 0 Å². The summed E-state index contributed by atoms with van der Waals surface area (Å²) in [5.74, 6) is 0.600. The molecule has 19 heavy (non-hydrogen) atoms. The summed E-state index contributed by atoms with van der Waals surface area (Å²) in [6.07, 6.45) is 0.349. The van der Waals surface area contributed by atoms with Crippen LogP contribution in [0.5, 0.6) is 5.75 Å². The number of ketones is 1. The van der Waals surface area contributed by atoms with E-state index in [0.29, 0.717) is 22.8 Å². The Morgan fingerprint density at radius 1 is 1.26 bits per heavy atom. The SMILES string of the molecule is COc1ccc(C(=O)Cc2cccc(Br)c2)cc1Cl. The zero-order valence-corrected chi connectivity index (χ0v) is 12.7. The predicted molar refractivity (Wildman–Crippen MR) is 80.2 cm³/mol. The summed E-state index contributed by atoms with van der Waals surface area (Å²) < 4.78 is 6.03. The minimum Gasteiger partial charge on any atom is -0.495 e. The van der Waals surface area contributed by atoms with Crippen molar-refractivity contribution in [3.63, 3.8) is 0 Å². The van der Waals surface area contributed by atoms with Crippen LogP contribution in [0.2, 0.25) is 5.02 Å². The van der Waals surface area contributed by atoms with E-state index < -0.39 is 0 Å². The number of benzene rings is 2. The van der Waals surface area contributed by atoms with Gasteiger partial charge in [0, 0.05) is 16.5 Å². The molecule has 0 unspecified atom stereocenters. The molecule has 2 rings (SSSR count). The van der Waals surface area contributed by atoms with Crippen molar-refractivity contribution >= 4 is 33.3 Å². The summed E-state index contributed by atoms with van der Waals surface area (Å²) in [4.78, 5) is 12.2. The Morgan fingerprint density at radius 2 is 2.05 bits per heavy atom. The number of Topliss-reactive ketones (excluding diaryl/α,β-unsaturated/α-hetero) is 1. The van der Waals surface area contributed by atoms with Crippen molar-refractivity contribution < 1.29 is 9.53 Å². The Morgan fingerprint density at radius 3 is 2.68 bits per heavy atom. The Bertz CT molecular complexity index is 611. The van der Waals surface area contributed by atoms with Crippen molar-refractivity contribution in [2.75, 3.05) is 7.11 Å². The monoisotopic (exact) mass is 338 g/mol. The van der Waals surface area contributed by atoms with E-state index in [2.05, 4.69) is 15.9 Å². The fraction of sp³-hybridized carbons (Fsp3) is 0.133. The number of carbonyl (C=O) groups excluding carboxylic acids is 1. The maximum Gasteiger partial charge on any atom is 0.167 e. The van der Waals surface area contributed by atoms with Gasteiger partial charge < -0.3 is 4.74 Å². The van der Waals surface area contributed by atoms with Crippen LogP contribution in [0.15, 0.2) is 46.9 Å². The topological polar surface area (TPSA) is 26.3 Å². The first kappa shape index (κ1) is 14.1. The summed E-state index contributed by atoms with van der Waals surface area (Å²) in [7, 11) is 1.55. The highest BCUT2D eigenvalue weighted by Gasteiger charge is 2.10. The van der Waals surface area contributed by atoms with Gasteiger partial charge >= 0.3 is 0 Å². The lowest BCUT2D eigenvalue weighted by molar-refractivity contribution is 0.0993. The minimum absolute atomic E-state index is 0.0302. The van der Waals surface area contributed by atoms with Crippen molar-refractivity contribution in [1.29, 1.82) is 0 Å². The van der Waals surface area contributed by atoms with Crippen LogP contribution in [0.1, 0.15) is 15.9 Å². The molecule has 0 aliphatic rings. The third-order valence-corrected chi connectivity index (χ3v) is 3.52. The molecule has 0 heterocycles. The van der Waals surface area contributed by atoms with Gasteiger partial charge in [-0.15, -0.1) is 0 Å². The molecule has 0 fully saturated rings. The van der Waals surface area contributed by atoms with Gasteiger partial charge in [0.1, 0.15) is 5.75 Å². The quantitative estimate of drug-likeness (QED) is 0.765. The third-order valence-electron chi connectivity index (χ3n) is 2.73. The Balaban J connectivity index is 2.18. The molecule has 0 N–H and O–H groups in total. The molecule has 0 saturated carbocycles. The Kier molecular flexibility index (Phi) is 4.61. The normalized spacial score (nSPS) is 10.3. The van der Waals surface area contributed by atoms with Crippen LogP contribution in [0, 0.1) is 0 Å². The number of methoxy groups -OCH3 is 1. The molecule has 0 aliphatic heterocycles. The second-order valence-corrected chi connectivity index (χ2v) is 5.40. The van der Waals surface area contributed by atoms with E-state index in [1.807, 2.05) is 24.3 Å². The van der Waals surface area contributed by atoms with Crippen LogP contribution in [-0.2, 0) is 6.42 Å². The fourth-order valence-electron chi connectivity index (χ4n) is 1.77. The molecule has 0 saturated heterocycles. The summed E-state index contributed by atoms with van der Waals surface area (Å²) in [5, 5.41) is 0.447. The lowest BCUT2D eigenvalue weighted by Crippen LogP contribution is -2.03. The van der Waals surface area contributed by atoms with E-state index in [0.717, 1.165) is 10.0 Å².